The maximum absolute atomic E-state index is 13.0. The number of nitrogens with one attached hydrogen (secondary N) is 2. The molecule has 0 aliphatic carbocycles. The van der Waals surface area contributed by atoms with Gasteiger partial charge in [0.05, 0.1) is 23.7 Å². The lowest BCUT2D eigenvalue weighted by atomic mass is 9.95. The monoisotopic (exact) mass is 435 g/mol. The summed E-state index contributed by atoms with van der Waals surface area (Å²) in [5.41, 5.74) is 3.99. The van der Waals surface area contributed by atoms with Crippen LogP contribution in [-0.2, 0) is 23.2 Å². The average Bonchev–Trinajstić information content (AvgIpc) is 3.16. The minimum atomic E-state index is -0.626. The zero-order valence-corrected chi connectivity index (χ0v) is 18.2. The lowest BCUT2D eigenvalue weighted by molar-refractivity contribution is -0.140. The van der Waals surface area contributed by atoms with E-state index in [0.717, 1.165) is 34.3 Å². The van der Waals surface area contributed by atoms with Gasteiger partial charge in [0, 0.05) is 12.7 Å². The van der Waals surface area contributed by atoms with E-state index in [2.05, 4.69) is 20.9 Å². The van der Waals surface area contributed by atoms with Crippen LogP contribution in [0.4, 0.5) is 4.79 Å². The lowest BCUT2D eigenvalue weighted by Crippen LogP contribution is -2.45. The summed E-state index contributed by atoms with van der Waals surface area (Å²) >= 11 is 0. The van der Waals surface area contributed by atoms with Gasteiger partial charge in [-0.15, -0.1) is 5.10 Å². The molecule has 0 bridgehead atoms. The zero-order chi connectivity index (χ0) is 22.7. The van der Waals surface area contributed by atoms with Crippen molar-refractivity contribution in [3.05, 3.63) is 64.9 Å². The Morgan fingerprint density at radius 3 is 2.72 bits per heavy atom. The van der Waals surface area contributed by atoms with Crippen LogP contribution in [0, 0.1) is 0 Å². The molecule has 2 N–H and O–H groups in total. The van der Waals surface area contributed by atoms with E-state index in [4.69, 9.17) is 9.47 Å². The number of hydrogen-bond acceptors (Lipinski definition) is 6. The molecule has 0 saturated heterocycles. The van der Waals surface area contributed by atoms with Gasteiger partial charge in [-0.05, 0) is 48.7 Å². The second-order valence-electron chi connectivity index (χ2n) is 7.60. The molecule has 0 fully saturated rings. The van der Waals surface area contributed by atoms with Gasteiger partial charge in [-0.25, -0.2) is 14.3 Å². The largest absolute Gasteiger partial charge is 0.494 e. The summed E-state index contributed by atoms with van der Waals surface area (Å²) in [6, 6.07) is 11.9. The molecule has 2 aromatic carbocycles. The third-order valence-electron chi connectivity index (χ3n) is 5.22. The van der Waals surface area contributed by atoms with Gasteiger partial charge in [0.25, 0.3) is 0 Å². The second-order valence-corrected chi connectivity index (χ2v) is 7.60. The average molecular weight is 435 g/mol. The van der Waals surface area contributed by atoms with E-state index in [9.17, 15) is 9.59 Å². The highest BCUT2D eigenvalue weighted by atomic mass is 16.5. The van der Waals surface area contributed by atoms with Gasteiger partial charge in [0.15, 0.2) is 0 Å². The van der Waals surface area contributed by atoms with E-state index in [1.165, 1.54) is 0 Å². The molecule has 2 heterocycles. The molecule has 1 unspecified atom stereocenters. The highest BCUT2D eigenvalue weighted by Crippen LogP contribution is 2.29. The quantitative estimate of drug-likeness (QED) is 0.552. The van der Waals surface area contributed by atoms with Crippen molar-refractivity contribution < 1.29 is 19.1 Å². The summed E-state index contributed by atoms with van der Waals surface area (Å²) in [4.78, 5) is 25.1. The minimum Gasteiger partial charge on any atom is -0.494 e. The van der Waals surface area contributed by atoms with Gasteiger partial charge in [-0.2, -0.15) is 0 Å². The highest BCUT2D eigenvalue weighted by molar-refractivity contribution is 5.95. The van der Waals surface area contributed by atoms with E-state index in [-0.39, 0.29) is 12.6 Å². The van der Waals surface area contributed by atoms with Crippen molar-refractivity contribution in [2.45, 2.75) is 32.9 Å². The zero-order valence-electron chi connectivity index (χ0n) is 18.2. The molecule has 9 nitrogen and oxygen atoms in total. The Morgan fingerprint density at radius 2 is 1.97 bits per heavy atom. The molecule has 0 spiro atoms. The number of aryl methyl sites for hydroxylation is 1. The van der Waals surface area contributed by atoms with E-state index >= 15 is 0 Å². The number of benzene rings is 2. The molecular formula is C23H25N5O4. The van der Waals surface area contributed by atoms with Gasteiger partial charge >= 0.3 is 12.0 Å². The second kappa shape index (κ2) is 9.09. The SMILES string of the molecule is CCCOc1ccc(C2NC(=O)NC(C)=C2C(=O)OCc2ccc3c(c2)nnn3C)cc1. The number of carbonyl (C=O) groups is 2. The molecule has 166 valence electrons. The normalized spacial score (nSPS) is 16.0. The fourth-order valence-electron chi connectivity index (χ4n) is 3.59. The van der Waals surface area contributed by atoms with Crippen LogP contribution in [0.25, 0.3) is 11.0 Å². The molecule has 0 saturated carbocycles. The Hall–Kier alpha value is -3.88. The number of carbonyl (C=O) groups excluding carboxylic acids is 2. The summed E-state index contributed by atoms with van der Waals surface area (Å²) in [6.07, 6.45) is 0.911. The van der Waals surface area contributed by atoms with Gasteiger partial charge in [-0.1, -0.05) is 30.3 Å². The van der Waals surface area contributed by atoms with Crippen LogP contribution >= 0.6 is 0 Å². The van der Waals surface area contributed by atoms with E-state index in [1.807, 2.05) is 56.4 Å². The number of esters is 1. The molecule has 1 aromatic heterocycles. The lowest BCUT2D eigenvalue weighted by Gasteiger charge is -2.28. The van der Waals surface area contributed by atoms with Crippen LogP contribution in [0.5, 0.6) is 5.75 Å². The predicted octanol–water partition coefficient (Wildman–Crippen LogP) is 3.13. The maximum atomic E-state index is 13.0. The Labute approximate surface area is 185 Å². The van der Waals surface area contributed by atoms with E-state index < -0.39 is 12.0 Å². The standard InChI is InChI=1S/C23H25N5O4/c1-4-11-31-17-8-6-16(7-9-17)21-20(14(2)24-23(30)25-21)22(29)32-13-15-5-10-19-18(12-15)26-27-28(19)3/h5-10,12,21H,4,11,13H2,1-3H3,(H2,24,25,30). The highest BCUT2D eigenvalue weighted by Gasteiger charge is 2.32. The van der Waals surface area contributed by atoms with Crippen LogP contribution in [-0.4, -0.2) is 33.6 Å². The number of ether oxygens (including phenoxy) is 2. The van der Waals surface area contributed by atoms with Crippen molar-refractivity contribution in [2.24, 2.45) is 7.05 Å². The minimum absolute atomic E-state index is 0.0760. The van der Waals surface area contributed by atoms with Crippen LogP contribution in [0.15, 0.2) is 53.7 Å². The first-order valence-corrected chi connectivity index (χ1v) is 10.4. The number of fused-ring (bicyclic) bond motifs is 1. The first-order valence-electron chi connectivity index (χ1n) is 10.4. The number of allylic oxidation sites excluding steroid dienone is 1. The van der Waals surface area contributed by atoms with Gasteiger partial charge in [0.2, 0.25) is 0 Å². The molecule has 1 atom stereocenters. The first-order chi connectivity index (χ1) is 15.5. The summed E-state index contributed by atoms with van der Waals surface area (Å²) in [7, 11) is 1.82. The third-order valence-corrected chi connectivity index (χ3v) is 5.22. The molecule has 1 aliphatic rings. The van der Waals surface area contributed by atoms with Crippen LogP contribution < -0.4 is 15.4 Å². The topological polar surface area (TPSA) is 107 Å². The van der Waals surface area contributed by atoms with Crippen LogP contribution in [0.2, 0.25) is 0 Å². The Balaban J connectivity index is 1.52. The summed E-state index contributed by atoms with van der Waals surface area (Å²) in [6.45, 7) is 4.43. The molecule has 9 heteroatoms. The van der Waals surface area contributed by atoms with Crippen molar-refractivity contribution in [3.8, 4) is 5.75 Å². The number of nitrogens with zero attached hydrogens (tertiary/aromatic N) is 3. The fraction of sp³-hybridized carbons (Fsp3) is 0.304. The summed E-state index contributed by atoms with van der Waals surface area (Å²) in [5, 5.41) is 13.5. The first kappa shape index (κ1) is 21.4. The number of urea groups is 1. The predicted molar refractivity (Wildman–Crippen MR) is 118 cm³/mol. The van der Waals surface area contributed by atoms with E-state index in [0.29, 0.717) is 17.9 Å². The van der Waals surface area contributed by atoms with Crippen molar-refractivity contribution in [3.63, 3.8) is 0 Å². The molecule has 2 amide bonds. The Kier molecular flexibility index (Phi) is 6.07. The van der Waals surface area contributed by atoms with Crippen LogP contribution in [0.1, 0.15) is 37.4 Å². The smallest absolute Gasteiger partial charge is 0.338 e. The Bertz CT molecular complexity index is 1180. The Morgan fingerprint density at radius 1 is 1.19 bits per heavy atom. The summed E-state index contributed by atoms with van der Waals surface area (Å²) < 4.78 is 12.9. The van der Waals surface area contributed by atoms with Gasteiger partial charge in [-0.3, -0.25) is 0 Å². The van der Waals surface area contributed by atoms with Crippen molar-refractivity contribution in [1.82, 2.24) is 25.6 Å². The number of hydrogen-bond donors (Lipinski definition) is 2. The maximum Gasteiger partial charge on any atom is 0.338 e. The van der Waals surface area contributed by atoms with E-state index in [1.54, 1.807) is 11.6 Å². The molecule has 32 heavy (non-hydrogen) atoms. The van der Waals surface area contributed by atoms with Crippen molar-refractivity contribution in [1.29, 1.82) is 0 Å². The summed E-state index contributed by atoms with van der Waals surface area (Å²) in [5.74, 6) is 0.227. The van der Waals surface area contributed by atoms with Gasteiger partial charge in [0.1, 0.15) is 17.9 Å². The molecule has 1 aliphatic heterocycles. The molecular weight excluding hydrogens is 410 g/mol. The van der Waals surface area contributed by atoms with Crippen LogP contribution in [0.3, 0.4) is 0 Å². The molecule has 4 rings (SSSR count). The fourth-order valence-corrected chi connectivity index (χ4v) is 3.59. The third kappa shape index (κ3) is 4.41. The van der Waals surface area contributed by atoms with Crippen molar-refractivity contribution in [2.75, 3.05) is 6.61 Å². The number of aromatic nitrogens is 3. The molecule has 3 aromatic rings. The number of rotatable bonds is 7. The van der Waals surface area contributed by atoms with Gasteiger partial charge < -0.3 is 20.1 Å². The number of amides is 2. The molecule has 0 radical (unpaired) electrons. The van der Waals surface area contributed by atoms with Crippen molar-refractivity contribution >= 4 is 23.0 Å².